The Morgan fingerprint density at radius 3 is 0.538 bits per heavy atom. The number of nitrogens with zero attached hydrogens (tertiary/aromatic N) is 4. The molecule has 0 fully saturated rings. The molecule has 4 heteroatoms. The van der Waals surface area contributed by atoms with Crippen LogP contribution in [0.2, 0.25) is 0 Å². The molecule has 612 valence electrons. The van der Waals surface area contributed by atoms with Crippen LogP contribution in [0.15, 0.2) is 461 Å². The van der Waals surface area contributed by atoms with E-state index >= 15 is 0 Å². The lowest BCUT2D eigenvalue weighted by Gasteiger charge is -2.22. The smallest absolute Gasteiger partial charge is 0.0541 e. The van der Waals surface area contributed by atoms with Crippen LogP contribution in [0.25, 0.3) is 221 Å². The first-order valence-corrected chi connectivity index (χ1v) is 45.3. The first kappa shape index (κ1) is 76.1. The molecule has 0 unspecified atom stereocenters. The minimum atomic E-state index is -0.0963. The van der Waals surface area contributed by atoms with Crippen molar-refractivity contribution in [1.29, 1.82) is 0 Å². The summed E-state index contributed by atoms with van der Waals surface area (Å²) in [5.41, 5.74) is 44.3. The Hall–Kier alpha value is -16.4. The zero-order valence-corrected chi connectivity index (χ0v) is 72.7. The number of aromatic nitrogens is 4. The fourth-order valence-corrected chi connectivity index (χ4v) is 21.7. The van der Waals surface area contributed by atoms with Gasteiger partial charge in [0.2, 0.25) is 0 Å². The van der Waals surface area contributed by atoms with Crippen molar-refractivity contribution in [3.05, 3.63) is 483 Å². The fourth-order valence-electron chi connectivity index (χ4n) is 21.7. The molecule has 0 amide bonds. The van der Waals surface area contributed by atoms with Crippen molar-refractivity contribution in [3.8, 4) is 134 Å². The van der Waals surface area contributed by atoms with Gasteiger partial charge in [-0.05, 0) is 279 Å². The highest BCUT2D eigenvalue weighted by Gasteiger charge is 2.38. The minimum absolute atomic E-state index is 0.0963. The molecule has 0 aliphatic heterocycles. The SMILES string of the molecule is CC1(C)c2ccccc2-c2ccc(-n3c4ccc(-c5ccccc5)cc4c4cc(-c5ccc6c(c5)c5cc(-c7ccccc7)ccc5n6-c5ccc6c(c5)C(C)(C)c5ccccc5-6)ccc43)cc21.c1ccc(-c2ccc(-n3c4ccc(-c5ccccc5)cc4c4cc(-c5ccc6c(c5)c5cc(-c7ccccc7)ccc5n6-c5ccc(-c6ccccc6)cc5)ccc43)cc2)cc1. The van der Waals surface area contributed by atoms with E-state index in [9.17, 15) is 0 Å². The summed E-state index contributed by atoms with van der Waals surface area (Å²) < 4.78 is 9.81. The maximum Gasteiger partial charge on any atom is 0.0541 e. The molecule has 0 N–H and O–H groups in total. The van der Waals surface area contributed by atoms with E-state index in [0.717, 1.165) is 11.4 Å². The summed E-state index contributed by atoms with van der Waals surface area (Å²) in [7, 11) is 0. The average molecular weight is 1660 g/mol. The van der Waals surface area contributed by atoms with Crippen LogP contribution in [0, 0.1) is 0 Å². The predicted octanol–water partition coefficient (Wildman–Crippen LogP) is 33.7. The van der Waals surface area contributed by atoms with Gasteiger partial charge in [-0.25, -0.2) is 0 Å². The van der Waals surface area contributed by atoms with Gasteiger partial charge in [0.15, 0.2) is 0 Å². The number of hydrogen-bond donors (Lipinski definition) is 0. The van der Waals surface area contributed by atoms with E-state index in [1.54, 1.807) is 0 Å². The molecule has 0 atom stereocenters. The lowest BCUT2D eigenvalue weighted by atomic mass is 9.82. The summed E-state index contributed by atoms with van der Waals surface area (Å²) in [4.78, 5) is 0. The minimum Gasteiger partial charge on any atom is -0.309 e. The van der Waals surface area contributed by atoms with Crippen molar-refractivity contribution in [1.82, 2.24) is 18.3 Å². The third kappa shape index (κ3) is 12.4. The van der Waals surface area contributed by atoms with Crippen LogP contribution in [-0.4, -0.2) is 18.3 Å². The maximum absolute atomic E-state index is 2.49. The van der Waals surface area contributed by atoms with Crippen LogP contribution < -0.4 is 0 Å². The van der Waals surface area contributed by atoms with Gasteiger partial charge >= 0.3 is 0 Å². The molecular formula is C126H88N4. The van der Waals surface area contributed by atoms with Crippen molar-refractivity contribution < 1.29 is 0 Å². The molecule has 0 saturated heterocycles. The van der Waals surface area contributed by atoms with Gasteiger partial charge in [-0.1, -0.05) is 343 Å². The second-order valence-electron chi connectivity index (χ2n) is 36.3. The fraction of sp³-hybridized carbons (Fsp3) is 0.0476. The first-order chi connectivity index (χ1) is 63.9. The van der Waals surface area contributed by atoms with Crippen molar-refractivity contribution in [2.24, 2.45) is 0 Å². The summed E-state index contributed by atoms with van der Waals surface area (Å²) in [5.74, 6) is 0. The molecule has 2 aliphatic rings. The number of hydrogen-bond acceptors (Lipinski definition) is 0. The quantitative estimate of drug-likeness (QED) is 0.116. The first-order valence-electron chi connectivity index (χ1n) is 45.3. The molecule has 4 aromatic heterocycles. The third-order valence-electron chi connectivity index (χ3n) is 28.3. The molecule has 20 aromatic carbocycles. The van der Waals surface area contributed by atoms with E-state index < -0.39 is 0 Å². The molecule has 24 aromatic rings. The monoisotopic (exact) mass is 1660 g/mol. The molecule has 0 radical (unpaired) electrons. The topological polar surface area (TPSA) is 19.7 Å². The number of fused-ring (bicyclic) bond motifs is 18. The summed E-state index contributed by atoms with van der Waals surface area (Å²) >= 11 is 0. The van der Waals surface area contributed by atoms with Crippen LogP contribution in [-0.2, 0) is 10.8 Å². The van der Waals surface area contributed by atoms with Crippen LogP contribution in [0.4, 0.5) is 0 Å². The van der Waals surface area contributed by atoms with Gasteiger partial charge in [-0.3, -0.25) is 0 Å². The van der Waals surface area contributed by atoms with Gasteiger partial charge in [0.05, 0.1) is 44.1 Å². The summed E-state index contributed by atoms with van der Waals surface area (Å²) in [6.45, 7) is 9.48. The van der Waals surface area contributed by atoms with E-state index in [0.29, 0.717) is 0 Å². The van der Waals surface area contributed by atoms with E-state index in [1.807, 2.05) is 0 Å². The zero-order valence-electron chi connectivity index (χ0n) is 72.7. The van der Waals surface area contributed by atoms with Gasteiger partial charge in [0.25, 0.3) is 0 Å². The second-order valence-corrected chi connectivity index (χ2v) is 36.3. The summed E-state index contributed by atoms with van der Waals surface area (Å²) in [6, 6.07) is 170. The van der Waals surface area contributed by atoms with Crippen molar-refractivity contribution in [2.75, 3.05) is 0 Å². The van der Waals surface area contributed by atoms with E-state index in [2.05, 4.69) is 507 Å². The molecule has 130 heavy (non-hydrogen) atoms. The van der Waals surface area contributed by atoms with E-state index in [-0.39, 0.29) is 10.8 Å². The lowest BCUT2D eigenvalue weighted by molar-refractivity contribution is 0.660. The Kier molecular flexibility index (Phi) is 17.7. The van der Waals surface area contributed by atoms with E-state index in [4.69, 9.17) is 0 Å². The largest absolute Gasteiger partial charge is 0.309 e. The highest BCUT2D eigenvalue weighted by Crippen LogP contribution is 2.53. The van der Waals surface area contributed by atoms with Gasteiger partial charge in [0.1, 0.15) is 0 Å². The molecule has 0 bridgehead atoms. The van der Waals surface area contributed by atoms with E-state index in [1.165, 1.54) is 232 Å². The lowest BCUT2D eigenvalue weighted by Crippen LogP contribution is -2.15. The maximum atomic E-state index is 2.49. The Morgan fingerprint density at radius 1 is 0.131 bits per heavy atom. The van der Waals surface area contributed by atoms with Crippen LogP contribution >= 0.6 is 0 Å². The van der Waals surface area contributed by atoms with Gasteiger partial charge in [-0.15, -0.1) is 0 Å². The molecule has 0 saturated carbocycles. The highest BCUT2D eigenvalue weighted by atomic mass is 15.0. The molecular weight excluding hydrogens is 1570 g/mol. The Bertz CT molecular complexity index is 8140. The molecule has 4 nitrogen and oxygen atoms in total. The number of benzene rings is 20. The normalized spacial score (nSPS) is 12.9. The molecule has 2 aliphatic carbocycles. The van der Waals surface area contributed by atoms with Gasteiger partial charge in [0, 0.05) is 76.7 Å². The molecule has 26 rings (SSSR count). The predicted molar refractivity (Wildman–Crippen MR) is 549 cm³/mol. The van der Waals surface area contributed by atoms with Crippen LogP contribution in [0.3, 0.4) is 0 Å². The van der Waals surface area contributed by atoms with Crippen molar-refractivity contribution in [2.45, 2.75) is 38.5 Å². The average Bonchev–Trinajstić information content (AvgIpc) is 1.55. The molecule has 4 heterocycles. The standard InChI is InChI=1S/C66H48N2.C60H40N2/c1-65(2)57-21-13-11-19-49(57)51-29-27-47(39-59(51)65)67-61-31-23-43(41-15-7-5-8-16-41)35-53(61)55-37-45(25-33-63(55)67)46-26-34-64-56(38-46)54-36-44(42-17-9-6-10-18-42)24-32-62(54)68(64)48-28-30-52-50-20-12-14-22-58(50)66(3,4)60(52)40-48;1-5-13-41(14-6-1)45-21-29-51(30-22-45)61-57-33-25-47(43-17-9-3-10-18-43)37-53(57)55-39-49(27-35-59(55)61)50-28-36-60-56(40-50)54-38-48(44-19-11-4-12-20-44)26-34-58(54)62(60)52-31-23-46(24-32-52)42-15-7-2-8-16-42/h5-40H,1-4H3;1-40H. The summed E-state index contributed by atoms with van der Waals surface area (Å²) in [6.07, 6.45) is 0. The number of rotatable bonds is 12. The summed E-state index contributed by atoms with van der Waals surface area (Å²) in [5, 5.41) is 9.92. The van der Waals surface area contributed by atoms with Crippen molar-refractivity contribution in [3.63, 3.8) is 0 Å². The Morgan fingerprint density at radius 2 is 0.300 bits per heavy atom. The van der Waals surface area contributed by atoms with Crippen LogP contribution in [0.1, 0.15) is 49.9 Å². The second kappa shape index (κ2) is 30.2. The Balaban J connectivity index is 0.000000141. The zero-order chi connectivity index (χ0) is 86.5. The van der Waals surface area contributed by atoms with Gasteiger partial charge < -0.3 is 18.3 Å². The highest BCUT2D eigenvalue weighted by molar-refractivity contribution is 6.17. The Labute approximate surface area is 756 Å². The van der Waals surface area contributed by atoms with Crippen molar-refractivity contribution >= 4 is 87.2 Å². The third-order valence-corrected chi connectivity index (χ3v) is 28.3. The van der Waals surface area contributed by atoms with Crippen LogP contribution in [0.5, 0.6) is 0 Å². The molecule has 0 spiro atoms. The van der Waals surface area contributed by atoms with Gasteiger partial charge in [-0.2, -0.15) is 0 Å².